The van der Waals surface area contributed by atoms with Gasteiger partial charge >= 0.3 is 0 Å². The topological polar surface area (TPSA) is 51.6 Å². The van der Waals surface area contributed by atoms with E-state index >= 15 is 0 Å². The third-order valence-corrected chi connectivity index (χ3v) is 9.76. The molecule has 0 atom stereocenters. The lowest BCUT2D eigenvalue weighted by atomic mass is 9.87. The second-order valence-corrected chi connectivity index (χ2v) is 13.8. The van der Waals surface area contributed by atoms with Crippen molar-refractivity contribution >= 4 is 0 Å². The highest BCUT2D eigenvalue weighted by molar-refractivity contribution is 5.94. The van der Waals surface area contributed by atoms with Gasteiger partial charge in [0, 0.05) is 58.2 Å². The van der Waals surface area contributed by atoms with Gasteiger partial charge in [-0.3, -0.25) is 19.9 Å². The van der Waals surface area contributed by atoms with E-state index in [0.29, 0.717) is 0 Å². The van der Waals surface area contributed by atoms with Crippen LogP contribution in [0.3, 0.4) is 0 Å². The van der Waals surface area contributed by atoms with Crippen LogP contribution in [0.25, 0.3) is 89.5 Å². The number of benzene rings is 5. The Morgan fingerprint density at radius 3 is 0.982 bits per heavy atom. The van der Waals surface area contributed by atoms with Gasteiger partial charge in [-0.15, -0.1) is 0 Å². The van der Waals surface area contributed by atoms with E-state index in [1.807, 2.05) is 73.3 Å². The Balaban J connectivity index is 0.00000147. The van der Waals surface area contributed by atoms with Gasteiger partial charge in [0.25, 0.3) is 0 Å². The monoisotopic (exact) mass is 734 g/mol. The normalized spacial score (nSPS) is 10.7. The lowest BCUT2D eigenvalue weighted by molar-refractivity contribution is 1.09. The predicted molar refractivity (Wildman–Crippen MR) is 237 cm³/mol. The second kappa shape index (κ2) is 17.4. The van der Waals surface area contributed by atoms with Crippen molar-refractivity contribution in [3.63, 3.8) is 0 Å². The van der Waals surface area contributed by atoms with Crippen molar-refractivity contribution in [1.29, 1.82) is 0 Å². The summed E-state index contributed by atoms with van der Waals surface area (Å²) in [5.74, 6) is 0. The number of hydrogen-bond acceptors (Lipinski definition) is 4. The fourth-order valence-electron chi connectivity index (χ4n) is 6.92. The summed E-state index contributed by atoms with van der Waals surface area (Å²) in [6, 6.07) is 63.2. The van der Waals surface area contributed by atoms with E-state index in [1.165, 1.54) is 6.42 Å². The Bertz CT molecular complexity index is 2270. The van der Waals surface area contributed by atoms with Crippen LogP contribution in [0.1, 0.15) is 20.3 Å². The van der Waals surface area contributed by atoms with Crippen LogP contribution in [0.5, 0.6) is 0 Å². The summed E-state index contributed by atoms with van der Waals surface area (Å²) in [4.78, 5) is 19.3. The van der Waals surface area contributed by atoms with E-state index in [9.17, 15) is 0 Å². The Kier molecular flexibility index (Phi) is 11.2. The molecule has 4 aromatic heterocycles. The van der Waals surface area contributed by atoms with Gasteiger partial charge in [0.05, 0.1) is 22.8 Å². The third kappa shape index (κ3) is 8.36. The molecule has 0 spiro atoms. The Morgan fingerprint density at radius 1 is 0.281 bits per heavy atom. The summed E-state index contributed by atoms with van der Waals surface area (Å²) < 4.78 is 0. The number of hydrogen-bond donors (Lipinski definition) is 0. The molecular formula is C53H42N4. The third-order valence-electron chi connectivity index (χ3n) is 9.76. The average molecular weight is 735 g/mol. The Hall–Kier alpha value is -7.30. The van der Waals surface area contributed by atoms with Crippen LogP contribution in [0.2, 0.25) is 0 Å². The molecule has 0 radical (unpaired) electrons. The lowest BCUT2D eigenvalue weighted by Gasteiger charge is -2.18. The Labute approximate surface area is 335 Å². The van der Waals surface area contributed by atoms with Gasteiger partial charge in [-0.05, 0) is 81.9 Å². The molecule has 9 rings (SSSR count). The number of rotatable bonds is 8. The van der Waals surface area contributed by atoms with E-state index in [4.69, 9.17) is 9.97 Å². The molecule has 5 aromatic carbocycles. The first kappa shape index (κ1) is 36.7. The van der Waals surface area contributed by atoms with Gasteiger partial charge in [-0.25, -0.2) is 0 Å². The van der Waals surface area contributed by atoms with Gasteiger partial charge in [0.15, 0.2) is 0 Å². The molecule has 0 unspecified atom stereocenters. The predicted octanol–water partition coefficient (Wildman–Crippen LogP) is 14.0. The smallest absolute Gasteiger partial charge is 0.0708 e. The van der Waals surface area contributed by atoms with E-state index in [-0.39, 0.29) is 0 Å². The zero-order valence-electron chi connectivity index (χ0n) is 32.1. The summed E-state index contributed by atoms with van der Waals surface area (Å²) in [7, 11) is 0. The van der Waals surface area contributed by atoms with Gasteiger partial charge in [0.2, 0.25) is 0 Å². The summed E-state index contributed by atoms with van der Waals surface area (Å²) in [5, 5.41) is 0. The van der Waals surface area contributed by atoms with Crippen LogP contribution < -0.4 is 0 Å². The molecule has 4 heterocycles. The molecule has 0 aliphatic heterocycles. The van der Waals surface area contributed by atoms with Crippen molar-refractivity contribution in [3.05, 3.63) is 207 Å². The fraction of sp³-hybridized carbons (Fsp3) is 0.0566. The first-order chi connectivity index (χ1) is 28.2. The van der Waals surface area contributed by atoms with Crippen LogP contribution in [0.15, 0.2) is 207 Å². The number of nitrogens with zero attached hydrogens (tertiary/aromatic N) is 4. The van der Waals surface area contributed by atoms with Crippen molar-refractivity contribution in [2.75, 3.05) is 0 Å². The first-order valence-corrected chi connectivity index (χ1v) is 19.4. The molecule has 0 aliphatic rings. The maximum absolute atomic E-state index is 5.08. The van der Waals surface area contributed by atoms with Crippen LogP contribution >= 0.6 is 0 Å². The molecule has 0 bridgehead atoms. The van der Waals surface area contributed by atoms with Crippen molar-refractivity contribution in [3.8, 4) is 89.5 Å². The molecule has 274 valence electrons. The highest BCUT2D eigenvalue weighted by Crippen LogP contribution is 2.42. The van der Waals surface area contributed by atoms with Crippen LogP contribution in [0, 0.1) is 0 Å². The zero-order chi connectivity index (χ0) is 38.8. The number of aromatic nitrogens is 4. The largest absolute Gasteiger partial charge is 0.256 e. The zero-order valence-corrected chi connectivity index (χ0v) is 32.1. The molecule has 4 nitrogen and oxygen atoms in total. The highest BCUT2D eigenvalue weighted by Gasteiger charge is 2.18. The molecule has 0 amide bonds. The summed E-state index contributed by atoms with van der Waals surface area (Å²) in [6.07, 6.45) is 8.85. The molecule has 0 N–H and O–H groups in total. The minimum atomic E-state index is 0.887. The van der Waals surface area contributed by atoms with Crippen molar-refractivity contribution in [1.82, 2.24) is 19.9 Å². The maximum Gasteiger partial charge on any atom is 0.0708 e. The summed E-state index contributed by atoms with van der Waals surface area (Å²) >= 11 is 0. The molecule has 4 heteroatoms. The van der Waals surface area contributed by atoms with E-state index in [1.54, 1.807) is 0 Å². The first-order valence-electron chi connectivity index (χ1n) is 19.4. The molecule has 0 aliphatic carbocycles. The highest BCUT2D eigenvalue weighted by atomic mass is 14.7. The molecule has 0 fully saturated rings. The minimum absolute atomic E-state index is 0.887. The van der Waals surface area contributed by atoms with Crippen LogP contribution in [0.4, 0.5) is 0 Å². The quantitative estimate of drug-likeness (QED) is 0.156. The van der Waals surface area contributed by atoms with E-state index in [0.717, 1.165) is 89.5 Å². The van der Waals surface area contributed by atoms with Crippen LogP contribution in [-0.4, -0.2) is 19.9 Å². The van der Waals surface area contributed by atoms with E-state index < -0.39 is 0 Å². The van der Waals surface area contributed by atoms with Crippen molar-refractivity contribution < 1.29 is 0 Å². The maximum atomic E-state index is 5.08. The van der Waals surface area contributed by atoms with Crippen molar-refractivity contribution in [2.24, 2.45) is 0 Å². The minimum Gasteiger partial charge on any atom is -0.256 e. The SMILES string of the molecule is CCC.c1ccc(-c2ccc(-c3cc(-c4ccc(-c5ccccc5)cn4)c(-c4ccc(-c5ccccn5)cc4)cc3-c3ccc(-c4ccccn4)cc3)nc2)cc1. The van der Waals surface area contributed by atoms with Crippen LogP contribution in [-0.2, 0) is 0 Å². The fourth-order valence-corrected chi connectivity index (χ4v) is 6.92. The summed E-state index contributed by atoms with van der Waals surface area (Å²) in [6.45, 7) is 4.25. The van der Waals surface area contributed by atoms with Gasteiger partial charge in [-0.1, -0.05) is 154 Å². The van der Waals surface area contributed by atoms with Crippen molar-refractivity contribution in [2.45, 2.75) is 20.3 Å². The lowest BCUT2D eigenvalue weighted by Crippen LogP contribution is -1.96. The van der Waals surface area contributed by atoms with Gasteiger partial charge in [-0.2, -0.15) is 0 Å². The molecular weight excluding hydrogens is 693 g/mol. The molecule has 0 saturated carbocycles. The number of pyridine rings is 4. The van der Waals surface area contributed by atoms with E-state index in [2.05, 4.69) is 157 Å². The van der Waals surface area contributed by atoms with Gasteiger partial charge in [0.1, 0.15) is 0 Å². The molecule has 57 heavy (non-hydrogen) atoms. The molecule has 0 saturated heterocycles. The molecule has 9 aromatic rings. The average Bonchev–Trinajstić information content (AvgIpc) is 3.30. The second-order valence-electron chi connectivity index (χ2n) is 13.8. The van der Waals surface area contributed by atoms with Gasteiger partial charge < -0.3 is 0 Å². The standard InChI is InChI=1S/C50H34N4.C3H8/c1-3-11-35(12-4-1)41-25-27-49(53-33-41)45-32-46(50-28-26-42(34-54-50)36-13-5-2-6-14-36)44(38-19-23-40(24-20-38)48-16-8-10-30-52-48)31-43(45)37-17-21-39(22-18-37)47-15-7-9-29-51-47;1-3-2/h1-34H;3H2,1-2H3. The Morgan fingerprint density at radius 2 is 0.632 bits per heavy atom. The summed E-state index contributed by atoms with van der Waals surface area (Å²) in [5.41, 5.74) is 16.6.